The number of ether oxygens (including phenoxy) is 2. The van der Waals surface area contributed by atoms with Gasteiger partial charge in [-0.2, -0.15) is 0 Å². The molecule has 0 aromatic heterocycles. The summed E-state index contributed by atoms with van der Waals surface area (Å²) in [4.78, 5) is 2.04. The molecule has 1 saturated heterocycles. The Bertz CT molecular complexity index is 506. The van der Waals surface area contributed by atoms with Crippen LogP contribution in [0.3, 0.4) is 0 Å². The number of halogens is 1. The molecule has 0 atom stereocenters. The third-order valence-corrected chi connectivity index (χ3v) is 4.66. The molecule has 1 aliphatic carbocycles. The van der Waals surface area contributed by atoms with Crippen molar-refractivity contribution in [2.24, 2.45) is 0 Å². The van der Waals surface area contributed by atoms with Crippen molar-refractivity contribution in [2.45, 2.75) is 43.6 Å². The Kier molecular flexibility index (Phi) is 4.50. The Hall–Kier alpha value is -1.01. The maximum absolute atomic E-state index is 13.2. The minimum absolute atomic E-state index is 0.222. The topological polar surface area (TPSA) is 41.9 Å². The average Bonchev–Trinajstić information content (AvgIpc) is 2.91. The fraction of sp³-hybridized carbons (Fsp3) is 0.647. The monoisotopic (exact) mass is 309 g/mol. The lowest BCUT2D eigenvalue weighted by molar-refractivity contribution is -0.204. The first-order valence-electron chi connectivity index (χ1n) is 7.92. The van der Waals surface area contributed by atoms with Gasteiger partial charge in [0.15, 0.2) is 5.79 Å². The second-order valence-corrected chi connectivity index (χ2v) is 6.63. The number of hydrogen-bond acceptors (Lipinski definition) is 4. The molecule has 22 heavy (non-hydrogen) atoms. The molecule has 0 radical (unpaired) electrons. The van der Waals surface area contributed by atoms with Gasteiger partial charge in [0.2, 0.25) is 0 Å². The van der Waals surface area contributed by atoms with Crippen molar-refractivity contribution in [3.05, 3.63) is 35.6 Å². The maximum Gasteiger partial charge on any atom is 0.168 e. The molecule has 2 aliphatic rings. The van der Waals surface area contributed by atoms with Gasteiger partial charge in [-0.25, -0.2) is 4.39 Å². The third-order valence-electron chi connectivity index (χ3n) is 4.66. The van der Waals surface area contributed by atoms with E-state index in [4.69, 9.17) is 9.47 Å². The highest BCUT2D eigenvalue weighted by molar-refractivity contribution is 5.16. The summed E-state index contributed by atoms with van der Waals surface area (Å²) in [6.45, 7) is 2.49. The molecule has 122 valence electrons. The molecule has 1 saturated carbocycles. The zero-order valence-corrected chi connectivity index (χ0v) is 13.1. The first-order valence-corrected chi connectivity index (χ1v) is 7.92. The average molecular weight is 309 g/mol. The molecule has 4 nitrogen and oxygen atoms in total. The minimum Gasteiger partial charge on any atom is -0.389 e. The predicted molar refractivity (Wildman–Crippen MR) is 80.8 cm³/mol. The zero-order chi connectivity index (χ0) is 15.6. The molecule has 5 heteroatoms. The van der Waals surface area contributed by atoms with Gasteiger partial charge in [-0.05, 0) is 37.6 Å². The second kappa shape index (κ2) is 6.24. The maximum atomic E-state index is 13.2. The summed E-state index contributed by atoms with van der Waals surface area (Å²) in [5.41, 5.74) is 0.198. The van der Waals surface area contributed by atoms with Gasteiger partial charge < -0.3 is 14.6 Å². The van der Waals surface area contributed by atoms with E-state index in [2.05, 4.69) is 0 Å². The fourth-order valence-electron chi connectivity index (χ4n) is 3.55. The Morgan fingerprint density at radius 2 is 1.86 bits per heavy atom. The predicted octanol–water partition coefficient (Wildman–Crippen LogP) is 2.31. The van der Waals surface area contributed by atoms with Crippen LogP contribution in [0.4, 0.5) is 4.39 Å². The van der Waals surface area contributed by atoms with E-state index in [0.29, 0.717) is 39.1 Å². The van der Waals surface area contributed by atoms with E-state index >= 15 is 0 Å². The van der Waals surface area contributed by atoms with E-state index < -0.39 is 11.4 Å². The summed E-state index contributed by atoms with van der Waals surface area (Å²) in [5.74, 6) is -0.673. The van der Waals surface area contributed by atoms with E-state index in [9.17, 15) is 9.50 Å². The van der Waals surface area contributed by atoms with Gasteiger partial charge in [0.05, 0.1) is 18.8 Å². The molecule has 1 spiro atoms. The molecule has 1 heterocycles. The summed E-state index contributed by atoms with van der Waals surface area (Å²) in [6, 6.07) is 6.60. The van der Waals surface area contributed by atoms with E-state index in [0.717, 1.165) is 18.4 Å². The molecule has 1 N–H and O–H groups in total. The molecule has 1 aromatic rings. The fourth-order valence-corrected chi connectivity index (χ4v) is 3.55. The lowest BCUT2D eigenvalue weighted by Gasteiger charge is -2.42. The van der Waals surface area contributed by atoms with Gasteiger partial charge in [0.25, 0.3) is 0 Å². The Morgan fingerprint density at radius 3 is 2.50 bits per heavy atom. The molecule has 3 rings (SSSR count). The SMILES string of the molecule is CN(Cc1cccc(F)c1)CC1(O)CCC2(CC1)OCCO2. The molecule has 1 aromatic carbocycles. The van der Waals surface area contributed by atoms with Gasteiger partial charge in [-0.15, -0.1) is 0 Å². The van der Waals surface area contributed by atoms with Crippen molar-refractivity contribution in [1.29, 1.82) is 0 Å². The number of nitrogens with zero attached hydrogens (tertiary/aromatic N) is 1. The van der Waals surface area contributed by atoms with Crippen LogP contribution in [-0.2, 0) is 16.0 Å². The van der Waals surface area contributed by atoms with Gasteiger partial charge in [0.1, 0.15) is 5.82 Å². The second-order valence-electron chi connectivity index (χ2n) is 6.63. The van der Waals surface area contributed by atoms with Crippen LogP contribution in [0.5, 0.6) is 0 Å². The highest BCUT2D eigenvalue weighted by Gasteiger charge is 2.45. The van der Waals surface area contributed by atoms with Gasteiger partial charge >= 0.3 is 0 Å². The lowest BCUT2D eigenvalue weighted by atomic mass is 9.81. The smallest absolute Gasteiger partial charge is 0.168 e. The number of hydrogen-bond donors (Lipinski definition) is 1. The van der Waals surface area contributed by atoms with Gasteiger partial charge in [-0.1, -0.05) is 12.1 Å². The number of aliphatic hydroxyl groups is 1. The van der Waals surface area contributed by atoms with Crippen molar-refractivity contribution < 1.29 is 19.0 Å². The van der Waals surface area contributed by atoms with Crippen LogP contribution in [0.1, 0.15) is 31.2 Å². The van der Waals surface area contributed by atoms with E-state index in [1.165, 1.54) is 12.1 Å². The van der Waals surface area contributed by atoms with E-state index in [1.54, 1.807) is 6.07 Å². The normalized spacial score (nSPS) is 23.3. The number of rotatable bonds is 4. The Labute approximate surface area is 130 Å². The molecule has 1 aliphatic heterocycles. The van der Waals surface area contributed by atoms with Crippen LogP contribution in [-0.4, -0.2) is 48.2 Å². The molecule has 2 fully saturated rings. The van der Waals surface area contributed by atoms with Crippen LogP contribution in [0.15, 0.2) is 24.3 Å². The number of likely N-dealkylation sites (N-methyl/N-ethyl adjacent to an activating group) is 1. The largest absolute Gasteiger partial charge is 0.389 e. The highest BCUT2D eigenvalue weighted by Crippen LogP contribution is 2.40. The minimum atomic E-state index is -0.720. The Morgan fingerprint density at radius 1 is 1.18 bits per heavy atom. The summed E-state index contributed by atoms with van der Waals surface area (Å²) in [7, 11) is 1.95. The van der Waals surface area contributed by atoms with Crippen molar-refractivity contribution >= 4 is 0 Å². The molecule has 0 bridgehead atoms. The van der Waals surface area contributed by atoms with Crippen molar-refractivity contribution in [3.8, 4) is 0 Å². The van der Waals surface area contributed by atoms with Crippen LogP contribution in [0.2, 0.25) is 0 Å². The van der Waals surface area contributed by atoms with E-state index in [1.807, 2.05) is 18.0 Å². The summed E-state index contributed by atoms with van der Waals surface area (Å²) < 4.78 is 24.6. The van der Waals surface area contributed by atoms with Crippen LogP contribution in [0, 0.1) is 5.82 Å². The summed E-state index contributed by atoms with van der Waals surface area (Å²) >= 11 is 0. The quantitative estimate of drug-likeness (QED) is 0.927. The van der Waals surface area contributed by atoms with Crippen LogP contribution >= 0.6 is 0 Å². The first kappa shape index (κ1) is 15.9. The van der Waals surface area contributed by atoms with Gasteiger partial charge in [0, 0.05) is 25.9 Å². The van der Waals surface area contributed by atoms with Crippen molar-refractivity contribution in [1.82, 2.24) is 4.90 Å². The molecular weight excluding hydrogens is 285 g/mol. The lowest BCUT2D eigenvalue weighted by Crippen LogP contribution is -2.49. The number of benzene rings is 1. The summed E-state index contributed by atoms with van der Waals surface area (Å²) in [6.07, 6.45) is 2.80. The standard InChI is InChI=1S/C17H24FNO3/c1-19(12-14-3-2-4-15(18)11-14)13-16(20)5-7-17(8-6-16)21-9-10-22-17/h2-4,11,20H,5-10,12-13H2,1H3. The van der Waals surface area contributed by atoms with Crippen LogP contribution < -0.4 is 0 Å². The zero-order valence-electron chi connectivity index (χ0n) is 13.1. The van der Waals surface area contributed by atoms with E-state index in [-0.39, 0.29) is 5.82 Å². The highest BCUT2D eigenvalue weighted by atomic mass is 19.1. The van der Waals surface area contributed by atoms with Gasteiger partial charge in [-0.3, -0.25) is 4.90 Å². The summed E-state index contributed by atoms with van der Waals surface area (Å²) in [5, 5.41) is 10.8. The van der Waals surface area contributed by atoms with Crippen molar-refractivity contribution in [2.75, 3.05) is 26.8 Å². The molecular formula is C17H24FNO3. The Balaban J connectivity index is 1.53. The van der Waals surface area contributed by atoms with Crippen molar-refractivity contribution in [3.63, 3.8) is 0 Å². The first-order chi connectivity index (χ1) is 10.5. The molecule has 0 unspecified atom stereocenters. The molecule has 0 amide bonds. The third kappa shape index (κ3) is 3.66. The van der Waals surface area contributed by atoms with Crippen LogP contribution in [0.25, 0.3) is 0 Å².